The fourth-order valence-electron chi connectivity index (χ4n) is 2.21. The predicted molar refractivity (Wildman–Crippen MR) is 78.6 cm³/mol. The maximum atomic E-state index is 6.21. The Morgan fingerprint density at radius 3 is 2.47 bits per heavy atom. The number of piperazine rings is 1. The Morgan fingerprint density at radius 1 is 1.12 bits per heavy atom. The largest absolute Gasteiger partial charge is 0.368 e. The fourth-order valence-corrected chi connectivity index (χ4v) is 2.61. The monoisotopic (exact) mass is 270 g/mol. The number of nitrogens with zero attached hydrogens (tertiary/aromatic N) is 2. The van der Waals surface area contributed by atoms with Crippen molar-refractivity contribution in [1.82, 2.24) is 4.90 Å². The first kappa shape index (κ1) is 13.1. The summed E-state index contributed by atoms with van der Waals surface area (Å²) < 4.78 is 0. The van der Waals surface area contributed by atoms with Gasteiger partial charge in [0, 0.05) is 26.2 Å². The van der Waals surface area contributed by atoms with Crippen molar-refractivity contribution in [1.29, 1.82) is 0 Å². The van der Waals surface area contributed by atoms with Gasteiger partial charge in [0.1, 0.15) is 0 Å². The molecule has 0 unspecified atom stereocenters. The lowest BCUT2D eigenvalue weighted by Gasteiger charge is -2.36. The van der Waals surface area contributed by atoms with Gasteiger partial charge in [-0.15, -0.1) is 0 Å². The third-order valence-electron chi connectivity index (χ3n) is 3.20. The molecule has 1 aliphatic rings. The van der Waals surface area contributed by atoms with Crippen molar-refractivity contribution in [2.45, 2.75) is 6.42 Å². The van der Waals surface area contributed by atoms with Gasteiger partial charge in [-0.2, -0.15) is 12.6 Å². The van der Waals surface area contributed by atoms with Crippen molar-refractivity contribution < 1.29 is 0 Å². The number of benzene rings is 1. The summed E-state index contributed by atoms with van der Waals surface area (Å²) in [5.41, 5.74) is 1.17. The van der Waals surface area contributed by atoms with Gasteiger partial charge < -0.3 is 4.90 Å². The highest BCUT2D eigenvalue weighted by Gasteiger charge is 2.17. The molecule has 2 rings (SSSR count). The molecule has 0 saturated carbocycles. The number of anilines is 1. The van der Waals surface area contributed by atoms with Gasteiger partial charge in [-0.05, 0) is 30.9 Å². The molecule has 0 bridgehead atoms. The molecule has 94 valence electrons. The van der Waals surface area contributed by atoms with E-state index >= 15 is 0 Å². The standard InChI is InChI=1S/C13H19ClN2S/c14-12-4-1-2-5-13(12)16-9-7-15(8-10-16)6-3-11-17/h1-2,4-5,17H,3,6-11H2. The Balaban J connectivity index is 1.89. The number of thiol groups is 1. The molecule has 1 fully saturated rings. The van der Waals surface area contributed by atoms with Crippen LogP contribution in [0, 0.1) is 0 Å². The summed E-state index contributed by atoms with van der Waals surface area (Å²) in [4.78, 5) is 4.88. The smallest absolute Gasteiger partial charge is 0.0639 e. The van der Waals surface area contributed by atoms with E-state index < -0.39 is 0 Å². The summed E-state index contributed by atoms with van der Waals surface area (Å²) in [5, 5.41) is 0.858. The molecule has 1 heterocycles. The molecular formula is C13H19ClN2S. The van der Waals surface area contributed by atoms with Gasteiger partial charge in [-0.1, -0.05) is 23.7 Å². The van der Waals surface area contributed by atoms with Crippen LogP contribution in [0.1, 0.15) is 6.42 Å². The van der Waals surface area contributed by atoms with E-state index in [-0.39, 0.29) is 0 Å². The van der Waals surface area contributed by atoms with Crippen molar-refractivity contribution >= 4 is 29.9 Å². The van der Waals surface area contributed by atoms with Gasteiger partial charge in [0.05, 0.1) is 10.7 Å². The lowest BCUT2D eigenvalue weighted by Crippen LogP contribution is -2.46. The van der Waals surface area contributed by atoms with Crippen molar-refractivity contribution in [2.75, 3.05) is 43.4 Å². The van der Waals surface area contributed by atoms with Crippen LogP contribution in [-0.2, 0) is 0 Å². The summed E-state index contributed by atoms with van der Waals surface area (Å²) in [6, 6.07) is 8.10. The molecule has 1 aromatic rings. The third-order valence-corrected chi connectivity index (χ3v) is 3.83. The van der Waals surface area contributed by atoms with E-state index in [4.69, 9.17) is 11.6 Å². The Labute approximate surface area is 114 Å². The Bertz CT molecular complexity index is 351. The highest BCUT2D eigenvalue weighted by Crippen LogP contribution is 2.25. The second-order valence-electron chi connectivity index (χ2n) is 4.36. The van der Waals surface area contributed by atoms with Crippen LogP contribution < -0.4 is 4.90 Å². The first-order valence-corrected chi connectivity index (χ1v) is 7.15. The van der Waals surface area contributed by atoms with Crippen LogP contribution in [0.2, 0.25) is 5.02 Å². The van der Waals surface area contributed by atoms with E-state index in [9.17, 15) is 0 Å². The zero-order valence-electron chi connectivity index (χ0n) is 9.98. The van der Waals surface area contributed by atoms with Crippen LogP contribution in [-0.4, -0.2) is 43.4 Å². The van der Waals surface area contributed by atoms with E-state index in [1.54, 1.807) is 0 Å². The van der Waals surface area contributed by atoms with Crippen LogP contribution in [0.5, 0.6) is 0 Å². The molecule has 4 heteroatoms. The molecule has 0 atom stereocenters. The van der Waals surface area contributed by atoms with E-state index in [1.807, 2.05) is 12.1 Å². The lowest BCUT2D eigenvalue weighted by atomic mass is 10.2. The van der Waals surface area contributed by atoms with Gasteiger partial charge in [0.2, 0.25) is 0 Å². The van der Waals surface area contributed by atoms with Crippen LogP contribution >= 0.6 is 24.2 Å². The van der Waals surface area contributed by atoms with Crippen LogP contribution in [0.4, 0.5) is 5.69 Å². The number of halogens is 1. The molecule has 0 aliphatic carbocycles. The molecular weight excluding hydrogens is 252 g/mol. The Hall–Kier alpha value is -0.380. The average Bonchev–Trinajstić information content (AvgIpc) is 2.38. The van der Waals surface area contributed by atoms with Gasteiger partial charge in [-0.3, -0.25) is 4.90 Å². The molecule has 0 N–H and O–H groups in total. The Morgan fingerprint density at radius 2 is 1.82 bits per heavy atom. The molecule has 0 spiro atoms. The van der Waals surface area contributed by atoms with Crippen LogP contribution in [0.3, 0.4) is 0 Å². The van der Waals surface area contributed by atoms with Crippen LogP contribution in [0.25, 0.3) is 0 Å². The zero-order chi connectivity index (χ0) is 12.1. The van der Waals surface area contributed by atoms with Gasteiger partial charge >= 0.3 is 0 Å². The quantitative estimate of drug-likeness (QED) is 0.841. The number of hydrogen-bond donors (Lipinski definition) is 1. The summed E-state index contributed by atoms with van der Waals surface area (Å²) in [5.74, 6) is 0.977. The molecule has 0 amide bonds. The van der Waals surface area contributed by atoms with E-state index in [0.717, 1.165) is 37.0 Å². The lowest BCUT2D eigenvalue weighted by molar-refractivity contribution is 0.259. The van der Waals surface area contributed by atoms with Crippen molar-refractivity contribution in [3.63, 3.8) is 0 Å². The van der Waals surface area contributed by atoms with Crippen molar-refractivity contribution in [2.24, 2.45) is 0 Å². The summed E-state index contributed by atoms with van der Waals surface area (Å²) in [6.07, 6.45) is 1.18. The topological polar surface area (TPSA) is 6.48 Å². The maximum Gasteiger partial charge on any atom is 0.0639 e. The Kier molecular flexibility index (Phi) is 5.01. The second-order valence-corrected chi connectivity index (χ2v) is 5.21. The summed E-state index contributed by atoms with van der Waals surface area (Å²) in [7, 11) is 0. The van der Waals surface area contributed by atoms with Gasteiger partial charge in [0.25, 0.3) is 0 Å². The molecule has 0 radical (unpaired) electrons. The van der Waals surface area contributed by atoms with E-state index in [1.165, 1.54) is 18.7 Å². The number of para-hydroxylation sites is 1. The molecule has 17 heavy (non-hydrogen) atoms. The minimum Gasteiger partial charge on any atom is -0.368 e. The third kappa shape index (κ3) is 3.54. The number of rotatable bonds is 4. The molecule has 1 saturated heterocycles. The highest BCUT2D eigenvalue weighted by atomic mass is 35.5. The van der Waals surface area contributed by atoms with E-state index in [0.29, 0.717) is 0 Å². The SMILES string of the molecule is SCCCN1CCN(c2ccccc2Cl)CC1. The van der Waals surface area contributed by atoms with Crippen molar-refractivity contribution in [3.05, 3.63) is 29.3 Å². The first-order valence-electron chi connectivity index (χ1n) is 6.14. The maximum absolute atomic E-state index is 6.21. The minimum absolute atomic E-state index is 0.858. The normalized spacial score (nSPS) is 17.4. The summed E-state index contributed by atoms with van der Waals surface area (Å²) in [6.45, 7) is 5.55. The van der Waals surface area contributed by atoms with E-state index in [2.05, 4.69) is 34.6 Å². The zero-order valence-corrected chi connectivity index (χ0v) is 11.6. The van der Waals surface area contributed by atoms with Crippen LogP contribution in [0.15, 0.2) is 24.3 Å². The molecule has 1 aromatic carbocycles. The number of hydrogen-bond acceptors (Lipinski definition) is 3. The van der Waals surface area contributed by atoms with Gasteiger partial charge in [0.15, 0.2) is 0 Å². The second kappa shape index (κ2) is 6.53. The minimum atomic E-state index is 0.858. The van der Waals surface area contributed by atoms with Gasteiger partial charge in [-0.25, -0.2) is 0 Å². The predicted octanol–water partition coefficient (Wildman–Crippen LogP) is 2.78. The average molecular weight is 271 g/mol. The molecule has 1 aliphatic heterocycles. The molecule has 2 nitrogen and oxygen atoms in total. The van der Waals surface area contributed by atoms with Crippen molar-refractivity contribution in [3.8, 4) is 0 Å². The highest BCUT2D eigenvalue weighted by molar-refractivity contribution is 7.80. The fraction of sp³-hybridized carbons (Fsp3) is 0.538. The summed E-state index contributed by atoms with van der Waals surface area (Å²) >= 11 is 10.5. The molecule has 0 aromatic heterocycles. The first-order chi connectivity index (χ1) is 8.31.